The summed E-state index contributed by atoms with van der Waals surface area (Å²) in [6.07, 6.45) is 7.16. The van der Waals surface area contributed by atoms with Crippen LogP contribution in [0.4, 0.5) is 5.69 Å². The molecule has 90 valence electrons. The highest BCUT2D eigenvalue weighted by atomic mass is 16.5. The molecule has 17 heavy (non-hydrogen) atoms. The Morgan fingerprint density at radius 3 is 2.88 bits per heavy atom. The van der Waals surface area contributed by atoms with Crippen LogP contribution in [0.15, 0.2) is 18.3 Å². The molecule has 4 heteroatoms. The maximum absolute atomic E-state index is 8.61. The van der Waals surface area contributed by atoms with Gasteiger partial charge in [-0.15, -0.1) is 0 Å². The molecule has 1 fully saturated rings. The molecule has 1 saturated carbocycles. The highest BCUT2D eigenvalue weighted by Gasteiger charge is 2.14. The molecule has 0 spiro atoms. The van der Waals surface area contributed by atoms with Gasteiger partial charge in [-0.3, -0.25) is 0 Å². The molecule has 4 nitrogen and oxygen atoms in total. The lowest BCUT2D eigenvalue weighted by atomic mass is 10.3. The number of rotatable bonds is 5. The van der Waals surface area contributed by atoms with Crippen molar-refractivity contribution in [2.45, 2.75) is 31.8 Å². The van der Waals surface area contributed by atoms with E-state index >= 15 is 0 Å². The van der Waals surface area contributed by atoms with Crippen LogP contribution in [0.3, 0.4) is 0 Å². The molecular formula is C13H17N3O. The van der Waals surface area contributed by atoms with E-state index in [1.165, 1.54) is 25.7 Å². The Hall–Kier alpha value is -1.60. The number of ether oxygens (including phenoxy) is 1. The first-order valence-corrected chi connectivity index (χ1v) is 6.10. The molecule has 1 N–H and O–H groups in total. The van der Waals surface area contributed by atoms with Crippen molar-refractivity contribution >= 4 is 5.69 Å². The van der Waals surface area contributed by atoms with Crippen molar-refractivity contribution in [1.82, 2.24) is 4.98 Å². The normalized spacial score (nSPS) is 15.7. The number of anilines is 1. The highest BCUT2D eigenvalue weighted by Crippen LogP contribution is 2.20. The average molecular weight is 231 g/mol. The molecule has 1 aromatic heterocycles. The lowest BCUT2D eigenvalue weighted by Gasteiger charge is -2.11. The molecule has 1 aliphatic rings. The fraction of sp³-hybridized carbons (Fsp3) is 0.538. The van der Waals surface area contributed by atoms with Crippen LogP contribution in [0.5, 0.6) is 0 Å². The highest BCUT2D eigenvalue weighted by molar-refractivity contribution is 5.42. The van der Waals surface area contributed by atoms with Gasteiger partial charge in [0.25, 0.3) is 0 Å². The van der Waals surface area contributed by atoms with Crippen molar-refractivity contribution < 1.29 is 4.74 Å². The summed E-state index contributed by atoms with van der Waals surface area (Å²) in [5, 5.41) is 11.8. The molecule has 1 heterocycles. The molecule has 2 rings (SSSR count). The minimum Gasteiger partial charge on any atom is -0.381 e. The molecule has 0 aromatic carbocycles. The van der Waals surface area contributed by atoms with E-state index in [1.807, 2.05) is 12.1 Å². The summed E-state index contributed by atoms with van der Waals surface area (Å²) >= 11 is 0. The van der Waals surface area contributed by atoms with Crippen LogP contribution >= 0.6 is 0 Å². The van der Waals surface area contributed by atoms with Crippen molar-refractivity contribution in [3.05, 3.63) is 24.0 Å². The first-order valence-electron chi connectivity index (χ1n) is 6.10. The third kappa shape index (κ3) is 3.72. The summed E-state index contributed by atoms with van der Waals surface area (Å²) in [6.45, 7) is 1.51. The van der Waals surface area contributed by atoms with Crippen LogP contribution in [0.25, 0.3) is 0 Å². The van der Waals surface area contributed by atoms with Crippen LogP contribution in [0.1, 0.15) is 31.4 Å². The third-order valence-corrected chi connectivity index (χ3v) is 2.96. The van der Waals surface area contributed by atoms with Gasteiger partial charge in [-0.1, -0.05) is 12.8 Å². The lowest BCUT2D eigenvalue weighted by molar-refractivity contribution is 0.0659. The molecule has 0 saturated heterocycles. The Labute approximate surface area is 102 Å². The van der Waals surface area contributed by atoms with Gasteiger partial charge in [0.05, 0.1) is 24.6 Å². The van der Waals surface area contributed by atoms with Gasteiger partial charge in [0.1, 0.15) is 11.8 Å². The second-order valence-corrected chi connectivity index (χ2v) is 4.25. The number of hydrogen-bond donors (Lipinski definition) is 1. The number of nitrogens with zero attached hydrogens (tertiary/aromatic N) is 2. The zero-order valence-electron chi connectivity index (χ0n) is 9.85. The van der Waals surface area contributed by atoms with Crippen LogP contribution in [-0.2, 0) is 4.74 Å². The zero-order valence-corrected chi connectivity index (χ0v) is 9.85. The molecule has 1 aromatic rings. The topological polar surface area (TPSA) is 57.9 Å². The lowest BCUT2D eigenvalue weighted by Crippen LogP contribution is -2.15. The summed E-state index contributed by atoms with van der Waals surface area (Å²) in [5.74, 6) is 0. The van der Waals surface area contributed by atoms with Crippen LogP contribution < -0.4 is 5.32 Å². The fourth-order valence-corrected chi connectivity index (χ4v) is 2.04. The van der Waals surface area contributed by atoms with E-state index in [9.17, 15) is 0 Å². The quantitative estimate of drug-likeness (QED) is 0.790. The molecule has 0 bridgehead atoms. The van der Waals surface area contributed by atoms with E-state index < -0.39 is 0 Å². The minimum atomic E-state index is 0.442. The van der Waals surface area contributed by atoms with E-state index in [2.05, 4.69) is 10.3 Å². The number of hydrogen-bond acceptors (Lipinski definition) is 4. The van der Waals surface area contributed by atoms with E-state index in [-0.39, 0.29) is 0 Å². The third-order valence-electron chi connectivity index (χ3n) is 2.96. The molecule has 0 amide bonds. The largest absolute Gasteiger partial charge is 0.381 e. The Morgan fingerprint density at radius 2 is 2.24 bits per heavy atom. The number of pyridine rings is 1. The van der Waals surface area contributed by atoms with Gasteiger partial charge in [0.15, 0.2) is 0 Å². The molecular weight excluding hydrogens is 214 g/mol. The predicted molar refractivity (Wildman–Crippen MR) is 65.6 cm³/mol. The number of nitriles is 1. The second kappa shape index (κ2) is 6.21. The van der Waals surface area contributed by atoms with Gasteiger partial charge in [0.2, 0.25) is 0 Å². The summed E-state index contributed by atoms with van der Waals surface area (Å²) in [4.78, 5) is 3.99. The van der Waals surface area contributed by atoms with E-state index in [0.717, 1.165) is 18.8 Å². The average Bonchev–Trinajstić information content (AvgIpc) is 2.88. The van der Waals surface area contributed by atoms with Crippen LogP contribution in [-0.4, -0.2) is 24.2 Å². The second-order valence-electron chi connectivity index (χ2n) is 4.25. The van der Waals surface area contributed by atoms with E-state index in [0.29, 0.717) is 11.8 Å². The molecule has 1 aliphatic carbocycles. The van der Waals surface area contributed by atoms with Gasteiger partial charge < -0.3 is 10.1 Å². The Balaban J connectivity index is 1.65. The van der Waals surface area contributed by atoms with Crippen molar-refractivity contribution in [2.75, 3.05) is 18.5 Å². The van der Waals surface area contributed by atoms with E-state index in [4.69, 9.17) is 10.00 Å². The molecule has 0 aliphatic heterocycles. The maximum atomic E-state index is 8.61. The maximum Gasteiger partial charge on any atom is 0.140 e. The van der Waals surface area contributed by atoms with E-state index in [1.54, 1.807) is 12.3 Å². The molecule has 0 radical (unpaired) electrons. The summed E-state index contributed by atoms with van der Waals surface area (Å²) in [7, 11) is 0. The Morgan fingerprint density at radius 1 is 1.41 bits per heavy atom. The number of nitrogens with one attached hydrogen (secondary N) is 1. The summed E-state index contributed by atoms with van der Waals surface area (Å²) < 4.78 is 5.73. The number of aromatic nitrogens is 1. The van der Waals surface area contributed by atoms with Gasteiger partial charge in [-0.25, -0.2) is 4.98 Å². The molecule has 0 atom stereocenters. The Bertz CT molecular complexity index is 377. The van der Waals surface area contributed by atoms with Crippen molar-refractivity contribution in [2.24, 2.45) is 0 Å². The summed E-state index contributed by atoms with van der Waals surface area (Å²) in [6, 6.07) is 5.57. The first-order chi connectivity index (χ1) is 8.38. The van der Waals surface area contributed by atoms with Crippen LogP contribution in [0.2, 0.25) is 0 Å². The first kappa shape index (κ1) is 11.9. The van der Waals surface area contributed by atoms with Gasteiger partial charge >= 0.3 is 0 Å². The standard InChI is InChI=1S/C13H17N3O/c14-9-11-5-6-12(10-16-11)15-7-8-17-13-3-1-2-4-13/h5-6,10,13,15H,1-4,7-8H2. The monoisotopic (exact) mass is 231 g/mol. The van der Waals surface area contributed by atoms with Crippen LogP contribution in [0, 0.1) is 11.3 Å². The molecule has 0 unspecified atom stereocenters. The smallest absolute Gasteiger partial charge is 0.140 e. The fourth-order valence-electron chi connectivity index (χ4n) is 2.04. The van der Waals surface area contributed by atoms with Gasteiger partial charge in [-0.2, -0.15) is 5.26 Å². The van der Waals surface area contributed by atoms with Crippen molar-refractivity contribution in [3.8, 4) is 6.07 Å². The predicted octanol–water partition coefficient (Wildman–Crippen LogP) is 2.32. The van der Waals surface area contributed by atoms with Gasteiger partial charge in [-0.05, 0) is 25.0 Å². The SMILES string of the molecule is N#Cc1ccc(NCCOC2CCCC2)cn1. The van der Waals surface area contributed by atoms with Gasteiger partial charge in [0, 0.05) is 6.54 Å². The Kier molecular flexibility index (Phi) is 4.34. The minimum absolute atomic E-state index is 0.442. The zero-order chi connectivity index (χ0) is 11.9. The van der Waals surface area contributed by atoms with Crippen molar-refractivity contribution in [3.63, 3.8) is 0 Å². The summed E-state index contributed by atoms with van der Waals surface area (Å²) in [5.41, 5.74) is 1.37. The van der Waals surface area contributed by atoms with Crippen molar-refractivity contribution in [1.29, 1.82) is 5.26 Å².